The van der Waals surface area contributed by atoms with Crippen molar-refractivity contribution < 1.29 is 9.26 Å². The highest BCUT2D eigenvalue weighted by molar-refractivity contribution is 7.18. The van der Waals surface area contributed by atoms with E-state index in [2.05, 4.69) is 15.1 Å². The van der Waals surface area contributed by atoms with Crippen LogP contribution in [0.15, 0.2) is 4.52 Å². The Morgan fingerprint density at radius 2 is 2.29 bits per heavy atom. The molecular weight excluding hydrogens is 240 g/mol. The van der Waals surface area contributed by atoms with Gasteiger partial charge in [-0.1, -0.05) is 16.5 Å². The van der Waals surface area contributed by atoms with Crippen molar-refractivity contribution in [3.05, 3.63) is 11.5 Å². The Morgan fingerprint density at radius 1 is 1.41 bits per heavy atom. The second kappa shape index (κ2) is 4.08. The van der Waals surface area contributed by atoms with Gasteiger partial charge in [-0.15, -0.1) is 0 Å². The summed E-state index contributed by atoms with van der Waals surface area (Å²) in [6, 6.07) is 0. The topological polar surface area (TPSA) is 87.1 Å². The largest absolute Gasteiger partial charge is 0.375 e. The minimum atomic E-state index is -0.0296. The van der Waals surface area contributed by atoms with E-state index in [1.807, 2.05) is 6.92 Å². The number of hydrogen-bond donors (Lipinski definition) is 1. The number of rotatable bonds is 2. The van der Waals surface area contributed by atoms with Gasteiger partial charge in [-0.05, 0) is 19.8 Å². The second-order valence-corrected chi connectivity index (χ2v) is 4.96. The average molecular weight is 252 g/mol. The van der Waals surface area contributed by atoms with Gasteiger partial charge in [0.2, 0.25) is 5.82 Å². The lowest BCUT2D eigenvalue weighted by atomic mass is 10.2. The van der Waals surface area contributed by atoms with E-state index in [1.165, 1.54) is 11.3 Å². The van der Waals surface area contributed by atoms with Gasteiger partial charge in [-0.25, -0.2) is 4.98 Å². The van der Waals surface area contributed by atoms with Crippen molar-refractivity contribution in [1.29, 1.82) is 0 Å². The summed E-state index contributed by atoms with van der Waals surface area (Å²) in [5.74, 6) is 1.09. The van der Waals surface area contributed by atoms with Crippen molar-refractivity contribution in [2.45, 2.75) is 25.9 Å². The third kappa shape index (κ3) is 1.91. The smallest absolute Gasteiger partial charge is 0.270 e. The number of aromatic nitrogens is 3. The fourth-order valence-corrected chi connectivity index (χ4v) is 2.61. The molecule has 0 spiro atoms. The molecule has 2 aromatic rings. The molecule has 0 saturated carbocycles. The Kier molecular flexibility index (Phi) is 2.56. The predicted octanol–water partition coefficient (Wildman–Crippen LogP) is 1.94. The molecule has 1 unspecified atom stereocenters. The van der Waals surface area contributed by atoms with Crippen molar-refractivity contribution in [3.63, 3.8) is 0 Å². The summed E-state index contributed by atoms with van der Waals surface area (Å²) in [6.45, 7) is 2.64. The number of hydrogen-bond acceptors (Lipinski definition) is 7. The zero-order chi connectivity index (χ0) is 11.8. The number of nitrogen functional groups attached to an aromatic ring is 1. The number of nitrogens with zero attached hydrogens (tertiary/aromatic N) is 3. The maximum atomic E-state index is 5.64. The van der Waals surface area contributed by atoms with Crippen LogP contribution >= 0.6 is 11.3 Å². The lowest BCUT2D eigenvalue weighted by Crippen LogP contribution is -1.97. The van der Waals surface area contributed by atoms with Crippen LogP contribution < -0.4 is 5.73 Å². The van der Waals surface area contributed by atoms with Gasteiger partial charge in [-0.2, -0.15) is 4.98 Å². The predicted molar refractivity (Wildman–Crippen MR) is 62.5 cm³/mol. The van der Waals surface area contributed by atoms with Crippen LogP contribution in [0.25, 0.3) is 10.8 Å². The van der Waals surface area contributed by atoms with Gasteiger partial charge in [0.15, 0.2) is 5.13 Å². The third-order valence-corrected chi connectivity index (χ3v) is 3.64. The van der Waals surface area contributed by atoms with Crippen LogP contribution in [0.2, 0.25) is 0 Å². The molecule has 1 atom stereocenters. The molecule has 90 valence electrons. The van der Waals surface area contributed by atoms with Gasteiger partial charge < -0.3 is 15.0 Å². The van der Waals surface area contributed by atoms with Crippen LogP contribution in [0.1, 0.15) is 30.5 Å². The fraction of sp³-hybridized carbons (Fsp3) is 0.500. The normalized spacial score (nSPS) is 19.9. The molecule has 1 aliphatic heterocycles. The van der Waals surface area contributed by atoms with E-state index in [-0.39, 0.29) is 6.10 Å². The molecule has 1 saturated heterocycles. The summed E-state index contributed by atoms with van der Waals surface area (Å²) >= 11 is 1.35. The number of thiazole rings is 1. The molecule has 6 nitrogen and oxygen atoms in total. The fourth-order valence-electron chi connectivity index (χ4n) is 1.85. The van der Waals surface area contributed by atoms with Crippen molar-refractivity contribution >= 4 is 16.5 Å². The van der Waals surface area contributed by atoms with Crippen molar-refractivity contribution in [2.24, 2.45) is 0 Å². The van der Waals surface area contributed by atoms with Gasteiger partial charge in [-0.3, -0.25) is 0 Å². The van der Waals surface area contributed by atoms with Crippen LogP contribution in [-0.4, -0.2) is 21.7 Å². The number of aryl methyl sites for hydroxylation is 1. The Morgan fingerprint density at radius 3 is 2.94 bits per heavy atom. The molecule has 3 rings (SSSR count). The Labute approximate surface area is 102 Å². The quantitative estimate of drug-likeness (QED) is 0.878. The molecule has 2 aromatic heterocycles. The zero-order valence-corrected chi connectivity index (χ0v) is 10.2. The molecule has 0 bridgehead atoms. The Balaban J connectivity index is 1.91. The Bertz CT molecular complexity index is 530. The van der Waals surface area contributed by atoms with Crippen LogP contribution in [0.3, 0.4) is 0 Å². The maximum absolute atomic E-state index is 5.64. The van der Waals surface area contributed by atoms with Gasteiger partial charge in [0, 0.05) is 6.61 Å². The van der Waals surface area contributed by atoms with Gasteiger partial charge in [0.25, 0.3) is 5.89 Å². The van der Waals surface area contributed by atoms with Crippen LogP contribution in [0, 0.1) is 6.92 Å². The summed E-state index contributed by atoms with van der Waals surface area (Å²) in [7, 11) is 0. The highest BCUT2D eigenvalue weighted by Crippen LogP contribution is 2.32. The molecule has 7 heteroatoms. The highest BCUT2D eigenvalue weighted by atomic mass is 32.1. The highest BCUT2D eigenvalue weighted by Gasteiger charge is 2.24. The van der Waals surface area contributed by atoms with E-state index in [4.69, 9.17) is 15.0 Å². The monoisotopic (exact) mass is 252 g/mol. The number of nitrogens with two attached hydrogens (primary N) is 1. The molecule has 17 heavy (non-hydrogen) atoms. The minimum Gasteiger partial charge on any atom is -0.375 e. The van der Waals surface area contributed by atoms with Gasteiger partial charge in [0.1, 0.15) is 11.0 Å². The third-order valence-electron chi connectivity index (χ3n) is 2.67. The SMILES string of the molecule is Cc1nc(N)sc1-c1nc(C2CCCO2)no1. The first kappa shape index (κ1) is 10.7. The minimum absolute atomic E-state index is 0.0296. The first-order valence-corrected chi connectivity index (χ1v) is 6.24. The summed E-state index contributed by atoms with van der Waals surface area (Å²) in [5, 5.41) is 4.46. The van der Waals surface area contributed by atoms with Crippen molar-refractivity contribution in [3.8, 4) is 10.8 Å². The second-order valence-electron chi connectivity index (χ2n) is 3.93. The van der Waals surface area contributed by atoms with E-state index < -0.39 is 0 Å². The van der Waals surface area contributed by atoms with E-state index in [0.717, 1.165) is 30.0 Å². The first-order chi connectivity index (χ1) is 8.24. The first-order valence-electron chi connectivity index (χ1n) is 5.42. The molecule has 2 N–H and O–H groups in total. The summed E-state index contributed by atoms with van der Waals surface area (Å²) in [6.07, 6.45) is 1.96. The molecule has 0 aliphatic carbocycles. The molecule has 3 heterocycles. The molecule has 1 fully saturated rings. The lowest BCUT2D eigenvalue weighted by molar-refractivity contribution is 0.103. The standard InChI is InChI=1S/C10H12N4O2S/c1-5-7(17-10(11)12-5)9-13-8(14-16-9)6-3-2-4-15-6/h6H,2-4H2,1H3,(H2,11,12). The van der Waals surface area contributed by atoms with E-state index in [9.17, 15) is 0 Å². The van der Waals surface area contributed by atoms with Crippen molar-refractivity contribution in [1.82, 2.24) is 15.1 Å². The van der Waals surface area contributed by atoms with E-state index in [1.54, 1.807) is 0 Å². The van der Waals surface area contributed by atoms with Gasteiger partial charge in [0.05, 0.1) is 5.69 Å². The van der Waals surface area contributed by atoms with Crippen molar-refractivity contribution in [2.75, 3.05) is 12.3 Å². The number of anilines is 1. The summed E-state index contributed by atoms with van der Waals surface area (Å²) < 4.78 is 10.7. The van der Waals surface area contributed by atoms with Gasteiger partial charge >= 0.3 is 0 Å². The van der Waals surface area contributed by atoms with E-state index >= 15 is 0 Å². The summed E-state index contributed by atoms with van der Waals surface area (Å²) in [4.78, 5) is 9.31. The molecule has 0 radical (unpaired) electrons. The van der Waals surface area contributed by atoms with Crippen LogP contribution in [-0.2, 0) is 4.74 Å². The zero-order valence-electron chi connectivity index (χ0n) is 9.34. The van der Waals surface area contributed by atoms with Crippen LogP contribution in [0.5, 0.6) is 0 Å². The molecule has 0 amide bonds. The molecule has 1 aliphatic rings. The average Bonchev–Trinajstić information content (AvgIpc) is 2.97. The summed E-state index contributed by atoms with van der Waals surface area (Å²) in [5.41, 5.74) is 6.45. The molecule has 0 aromatic carbocycles. The Hall–Kier alpha value is -1.47. The lowest BCUT2D eigenvalue weighted by Gasteiger charge is -2.00. The maximum Gasteiger partial charge on any atom is 0.270 e. The number of ether oxygens (including phenoxy) is 1. The van der Waals surface area contributed by atoms with E-state index in [0.29, 0.717) is 16.8 Å². The van der Waals surface area contributed by atoms with Crippen LogP contribution in [0.4, 0.5) is 5.13 Å². The molecular formula is C10H12N4O2S.